The SMILES string of the molecule is COCCC(=O)NC(CN)c1ccc2ccccc2c1. The molecule has 20 heavy (non-hydrogen) atoms. The summed E-state index contributed by atoms with van der Waals surface area (Å²) in [6.45, 7) is 0.790. The topological polar surface area (TPSA) is 64.3 Å². The van der Waals surface area contributed by atoms with Gasteiger partial charge in [-0.3, -0.25) is 4.79 Å². The van der Waals surface area contributed by atoms with Crippen molar-refractivity contribution in [3.63, 3.8) is 0 Å². The maximum atomic E-state index is 11.8. The fourth-order valence-electron chi connectivity index (χ4n) is 2.16. The summed E-state index contributed by atoms with van der Waals surface area (Å²) >= 11 is 0. The van der Waals surface area contributed by atoms with Crippen LogP contribution in [0.2, 0.25) is 0 Å². The minimum Gasteiger partial charge on any atom is -0.384 e. The van der Waals surface area contributed by atoms with E-state index in [0.29, 0.717) is 19.6 Å². The highest BCUT2D eigenvalue weighted by Crippen LogP contribution is 2.20. The third-order valence-corrected chi connectivity index (χ3v) is 3.28. The van der Waals surface area contributed by atoms with Crippen molar-refractivity contribution in [3.8, 4) is 0 Å². The molecule has 0 saturated carbocycles. The van der Waals surface area contributed by atoms with E-state index in [-0.39, 0.29) is 11.9 Å². The average Bonchev–Trinajstić information content (AvgIpc) is 2.50. The molecule has 0 saturated heterocycles. The monoisotopic (exact) mass is 272 g/mol. The Morgan fingerprint density at radius 1 is 1.25 bits per heavy atom. The van der Waals surface area contributed by atoms with Crippen molar-refractivity contribution in [2.45, 2.75) is 12.5 Å². The molecule has 3 N–H and O–H groups in total. The molecule has 1 amide bonds. The quantitative estimate of drug-likeness (QED) is 0.845. The molecule has 0 heterocycles. The molecule has 1 atom stereocenters. The van der Waals surface area contributed by atoms with Crippen molar-refractivity contribution in [1.82, 2.24) is 5.32 Å². The molecular weight excluding hydrogens is 252 g/mol. The zero-order valence-corrected chi connectivity index (χ0v) is 11.6. The van der Waals surface area contributed by atoms with E-state index in [0.717, 1.165) is 10.9 Å². The van der Waals surface area contributed by atoms with Crippen LogP contribution in [-0.4, -0.2) is 26.2 Å². The molecule has 0 spiro atoms. The first kappa shape index (κ1) is 14.5. The Bertz CT molecular complexity index is 583. The third kappa shape index (κ3) is 3.56. The van der Waals surface area contributed by atoms with Gasteiger partial charge < -0.3 is 15.8 Å². The lowest BCUT2D eigenvalue weighted by atomic mass is 10.0. The number of ether oxygens (including phenoxy) is 1. The lowest BCUT2D eigenvalue weighted by molar-refractivity contribution is -0.122. The predicted octanol–water partition coefficient (Wildman–Crippen LogP) is 1.99. The highest BCUT2D eigenvalue weighted by Gasteiger charge is 2.13. The molecule has 0 bridgehead atoms. The number of amides is 1. The third-order valence-electron chi connectivity index (χ3n) is 3.28. The molecule has 4 heteroatoms. The van der Waals surface area contributed by atoms with Crippen LogP contribution in [-0.2, 0) is 9.53 Å². The number of carbonyl (C=O) groups is 1. The number of benzene rings is 2. The van der Waals surface area contributed by atoms with Gasteiger partial charge in [0.25, 0.3) is 0 Å². The number of nitrogens with two attached hydrogens (primary N) is 1. The van der Waals surface area contributed by atoms with Gasteiger partial charge in [0.1, 0.15) is 0 Å². The zero-order valence-electron chi connectivity index (χ0n) is 11.6. The summed E-state index contributed by atoms with van der Waals surface area (Å²) in [5.41, 5.74) is 6.80. The van der Waals surface area contributed by atoms with Crippen LogP contribution in [0.4, 0.5) is 0 Å². The standard InChI is InChI=1S/C16H20N2O2/c1-20-9-8-16(19)18-15(11-17)14-7-6-12-4-2-3-5-13(12)10-14/h2-7,10,15H,8-9,11,17H2,1H3,(H,18,19). The van der Waals surface area contributed by atoms with Gasteiger partial charge in [-0.1, -0.05) is 36.4 Å². The van der Waals surface area contributed by atoms with Gasteiger partial charge >= 0.3 is 0 Å². The molecule has 1 unspecified atom stereocenters. The summed E-state index contributed by atoms with van der Waals surface area (Å²) in [5.74, 6) is -0.0459. The molecular formula is C16H20N2O2. The molecule has 0 aliphatic rings. The van der Waals surface area contributed by atoms with Gasteiger partial charge in [-0.15, -0.1) is 0 Å². The lowest BCUT2D eigenvalue weighted by Gasteiger charge is -2.18. The summed E-state index contributed by atoms with van der Waals surface area (Å²) in [6.07, 6.45) is 0.348. The first-order valence-electron chi connectivity index (χ1n) is 6.71. The van der Waals surface area contributed by atoms with Crippen LogP contribution in [0.3, 0.4) is 0 Å². The largest absolute Gasteiger partial charge is 0.384 e. The number of methoxy groups -OCH3 is 1. The number of fused-ring (bicyclic) bond motifs is 1. The summed E-state index contributed by atoms with van der Waals surface area (Å²) < 4.78 is 4.90. The van der Waals surface area contributed by atoms with Crippen molar-refractivity contribution < 1.29 is 9.53 Å². The van der Waals surface area contributed by atoms with E-state index in [9.17, 15) is 4.79 Å². The van der Waals surface area contributed by atoms with Crippen LogP contribution in [0.25, 0.3) is 10.8 Å². The fraction of sp³-hybridized carbons (Fsp3) is 0.312. The Morgan fingerprint density at radius 2 is 2.00 bits per heavy atom. The average molecular weight is 272 g/mol. The maximum Gasteiger partial charge on any atom is 0.222 e. The molecule has 0 aliphatic heterocycles. The van der Waals surface area contributed by atoms with Gasteiger partial charge in [0, 0.05) is 20.1 Å². The maximum absolute atomic E-state index is 11.8. The molecule has 2 rings (SSSR count). The van der Waals surface area contributed by atoms with Crippen LogP contribution in [0.5, 0.6) is 0 Å². The summed E-state index contributed by atoms with van der Waals surface area (Å²) in [5, 5.41) is 5.26. The Balaban J connectivity index is 2.14. The smallest absolute Gasteiger partial charge is 0.222 e. The van der Waals surface area contributed by atoms with Crippen molar-refractivity contribution >= 4 is 16.7 Å². The Hall–Kier alpha value is -1.91. The molecule has 106 valence electrons. The Morgan fingerprint density at radius 3 is 2.70 bits per heavy atom. The molecule has 2 aromatic rings. The first-order valence-corrected chi connectivity index (χ1v) is 6.71. The fourth-order valence-corrected chi connectivity index (χ4v) is 2.16. The summed E-state index contributed by atoms with van der Waals surface area (Å²) in [7, 11) is 1.58. The van der Waals surface area contributed by atoms with Crippen molar-refractivity contribution in [2.24, 2.45) is 5.73 Å². The van der Waals surface area contributed by atoms with E-state index in [1.165, 1.54) is 5.39 Å². The van der Waals surface area contributed by atoms with Crippen molar-refractivity contribution in [2.75, 3.05) is 20.3 Å². The van der Waals surface area contributed by atoms with Crippen LogP contribution in [0, 0.1) is 0 Å². The van der Waals surface area contributed by atoms with Crippen molar-refractivity contribution in [1.29, 1.82) is 0 Å². The van der Waals surface area contributed by atoms with E-state index < -0.39 is 0 Å². The van der Waals surface area contributed by atoms with Gasteiger partial charge in [-0.25, -0.2) is 0 Å². The molecule has 0 fully saturated rings. The van der Waals surface area contributed by atoms with E-state index in [1.54, 1.807) is 7.11 Å². The predicted molar refractivity (Wildman–Crippen MR) is 80.4 cm³/mol. The van der Waals surface area contributed by atoms with Crippen molar-refractivity contribution in [3.05, 3.63) is 48.0 Å². The number of rotatable bonds is 6. The van der Waals surface area contributed by atoms with Gasteiger partial charge in [0.05, 0.1) is 12.6 Å². The van der Waals surface area contributed by atoms with E-state index in [1.807, 2.05) is 18.2 Å². The summed E-state index contributed by atoms with van der Waals surface area (Å²) in [6, 6.07) is 14.1. The van der Waals surface area contributed by atoms with E-state index >= 15 is 0 Å². The molecule has 0 radical (unpaired) electrons. The second kappa shape index (κ2) is 7.03. The van der Waals surface area contributed by atoms with Crippen LogP contribution >= 0.6 is 0 Å². The van der Waals surface area contributed by atoms with Gasteiger partial charge in [-0.05, 0) is 22.4 Å². The van der Waals surface area contributed by atoms with Gasteiger partial charge in [0.15, 0.2) is 0 Å². The lowest BCUT2D eigenvalue weighted by Crippen LogP contribution is -2.33. The van der Waals surface area contributed by atoms with Gasteiger partial charge in [0.2, 0.25) is 5.91 Å². The second-order valence-corrected chi connectivity index (χ2v) is 4.71. The minimum absolute atomic E-state index is 0.0459. The molecule has 0 aliphatic carbocycles. The summed E-state index contributed by atoms with van der Waals surface area (Å²) in [4.78, 5) is 11.8. The molecule has 4 nitrogen and oxygen atoms in total. The number of hydrogen-bond acceptors (Lipinski definition) is 3. The zero-order chi connectivity index (χ0) is 14.4. The molecule has 2 aromatic carbocycles. The first-order chi connectivity index (χ1) is 9.74. The normalized spacial score (nSPS) is 12.3. The molecule has 0 aromatic heterocycles. The van der Waals surface area contributed by atoms with E-state index in [4.69, 9.17) is 10.5 Å². The van der Waals surface area contributed by atoms with Crippen LogP contribution in [0.15, 0.2) is 42.5 Å². The van der Waals surface area contributed by atoms with Crippen LogP contribution in [0.1, 0.15) is 18.0 Å². The number of carbonyl (C=O) groups excluding carboxylic acids is 1. The minimum atomic E-state index is -0.163. The second-order valence-electron chi connectivity index (χ2n) is 4.71. The Labute approximate surface area is 118 Å². The van der Waals surface area contributed by atoms with E-state index in [2.05, 4.69) is 29.6 Å². The highest BCUT2D eigenvalue weighted by atomic mass is 16.5. The van der Waals surface area contributed by atoms with Gasteiger partial charge in [-0.2, -0.15) is 0 Å². The number of nitrogens with one attached hydrogen (secondary N) is 1. The number of hydrogen-bond donors (Lipinski definition) is 2. The Kier molecular flexibility index (Phi) is 5.09. The van der Waals surface area contributed by atoms with Crippen LogP contribution < -0.4 is 11.1 Å². The highest BCUT2D eigenvalue weighted by molar-refractivity contribution is 5.83.